The number of nitrogens with zero attached hydrogens (tertiary/aromatic N) is 1. The molecule has 20 heavy (non-hydrogen) atoms. The summed E-state index contributed by atoms with van der Waals surface area (Å²) in [7, 11) is 0. The first kappa shape index (κ1) is 14.5. The Balaban J connectivity index is 2.28. The summed E-state index contributed by atoms with van der Waals surface area (Å²) in [5, 5.41) is 2.86. The van der Waals surface area contributed by atoms with Crippen molar-refractivity contribution in [3.8, 4) is 0 Å². The van der Waals surface area contributed by atoms with Gasteiger partial charge in [0.1, 0.15) is 5.82 Å². The third-order valence-corrected chi connectivity index (χ3v) is 3.43. The SMILES string of the molecule is Cc1ccc(Br)c(NC(=O)c2cc(C)nc(NN)c2)c1. The fourth-order valence-corrected chi connectivity index (χ4v) is 2.15. The highest BCUT2D eigenvalue weighted by Gasteiger charge is 2.10. The fraction of sp³-hybridized carbons (Fsp3) is 0.143. The maximum absolute atomic E-state index is 12.3. The van der Waals surface area contributed by atoms with Crippen LogP contribution in [0.15, 0.2) is 34.8 Å². The second-order valence-corrected chi connectivity index (χ2v) is 5.32. The van der Waals surface area contributed by atoms with E-state index < -0.39 is 0 Å². The summed E-state index contributed by atoms with van der Waals surface area (Å²) in [4.78, 5) is 16.4. The summed E-state index contributed by atoms with van der Waals surface area (Å²) < 4.78 is 0.833. The molecule has 1 aromatic heterocycles. The number of pyridine rings is 1. The molecule has 2 aromatic rings. The number of nitrogens with one attached hydrogen (secondary N) is 2. The molecule has 0 saturated carbocycles. The summed E-state index contributed by atoms with van der Waals surface area (Å²) in [6, 6.07) is 9.08. The molecular weight excluding hydrogens is 320 g/mol. The average molecular weight is 335 g/mol. The van der Waals surface area contributed by atoms with Crippen LogP contribution < -0.4 is 16.6 Å². The Hall–Kier alpha value is -1.92. The number of hydrazine groups is 1. The van der Waals surface area contributed by atoms with E-state index in [1.54, 1.807) is 19.1 Å². The Morgan fingerprint density at radius 3 is 2.70 bits per heavy atom. The summed E-state index contributed by atoms with van der Waals surface area (Å²) in [6.45, 7) is 3.77. The van der Waals surface area contributed by atoms with Crippen LogP contribution in [0.5, 0.6) is 0 Å². The number of carbonyl (C=O) groups excluding carboxylic acids is 1. The number of aryl methyl sites for hydroxylation is 2. The van der Waals surface area contributed by atoms with Crippen molar-refractivity contribution in [1.82, 2.24) is 4.98 Å². The van der Waals surface area contributed by atoms with Gasteiger partial charge in [0, 0.05) is 15.7 Å². The summed E-state index contributed by atoms with van der Waals surface area (Å²) in [5.41, 5.74) is 5.46. The van der Waals surface area contributed by atoms with Gasteiger partial charge < -0.3 is 10.7 Å². The third-order valence-electron chi connectivity index (χ3n) is 2.73. The van der Waals surface area contributed by atoms with Gasteiger partial charge in [-0.1, -0.05) is 6.07 Å². The average Bonchev–Trinajstić information content (AvgIpc) is 2.42. The second-order valence-electron chi connectivity index (χ2n) is 4.46. The molecule has 0 aliphatic carbocycles. The van der Waals surface area contributed by atoms with Gasteiger partial charge in [-0.3, -0.25) is 4.79 Å². The minimum Gasteiger partial charge on any atom is -0.321 e. The molecule has 0 unspecified atom stereocenters. The van der Waals surface area contributed by atoms with Gasteiger partial charge in [-0.15, -0.1) is 0 Å². The van der Waals surface area contributed by atoms with Gasteiger partial charge in [0.05, 0.1) is 5.69 Å². The van der Waals surface area contributed by atoms with Crippen LogP contribution in [-0.4, -0.2) is 10.9 Å². The number of aromatic nitrogens is 1. The summed E-state index contributed by atoms with van der Waals surface area (Å²) in [5.74, 6) is 5.58. The molecule has 0 spiro atoms. The van der Waals surface area contributed by atoms with Crippen LogP contribution in [0.2, 0.25) is 0 Å². The van der Waals surface area contributed by atoms with E-state index in [0.29, 0.717) is 17.1 Å². The highest BCUT2D eigenvalue weighted by atomic mass is 79.9. The Kier molecular flexibility index (Phi) is 4.36. The lowest BCUT2D eigenvalue weighted by molar-refractivity contribution is 0.102. The molecule has 0 fully saturated rings. The van der Waals surface area contributed by atoms with Crippen LogP contribution >= 0.6 is 15.9 Å². The molecule has 6 heteroatoms. The molecule has 1 aromatic carbocycles. The number of halogens is 1. The van der Waals surface area contributed by atoms with Crippen molar-refractivity contribution in [3.05, 3.63) is 51.6 Å². The van der Waals surface area contributed by atoms with Gasteiger partial charge in [0.2, 0.25) is 0 Å². The lowest BCUT2D eigenvalue weighted by Crippen LogP contribution is -2.15. The Morgan fingerprint density at radius 2 is 2.00 bits per heavy atom. The maximum atomic E-state index is 12.3. The lowest BCUT2D eigenvalue weighted by atomic mass is 10.2. The zero-order valence-electron chi connectivity index (χ0n) is 11.2. The highest BCUT2D eigenvalue weighted by molar-refractivity contribution is 9.10. The van der Waals surface area contributed by atoms with Crippen LogP contribution in [0.1, 0.15) is 21.6 Å². The van der Waals surface area contributed by atoms with Crippen LogP contribution in [0.3, 0.4) is 0 Å². The van der Waals surface area contributed by atoms with Crippen molar-refractivity contribution in [2.24, 2.45) is 5.84 Å². The normalized spacial score (nSPS) is 10.2. The van der Waals surface area contributed by atoms with Gasteiger partial charge >= 0.3 is 0 Å². The van der Waals surface area contributed by atoms with Gasteiger partial charge in [0.25, 0.3) is 5.91 Å². The zero-order valence-corrected chi connectivity index (χ0v) is 12.8. The topological polar surface area (TPSA) is 80.0 Å². The maximum Gasteiger partial charge on any atom is 0.255 e. The largest absolute Gasteiger partial charge is 0.321 e. The van der Waals surface area contributed by atoms with E-state index in [4.69, 9.17) is 5.84 Å². The second kappa shape index (κ2) is 6.02. The minimum absolute atomic E-state index is 0.210. The Morgan fingerprint density at radius 1 is 1.25 bits per heavy atom. The Bertz CT molecular complexity index is 658. The van der Waals surface area contributed by atoms with E-state index in [1.807, 2.05) is 25.1 Å². The number of anilines is 2. The standard InChI is InChI=1S/C14H15BrN4O/c1-8-3-4-11(15)12(5-8)18-14(20)10-6-9(2)17-13(7-10)19-16/h3-7H,16H2,1-2H3,(H,17,19)(H,18,20). The van der Waals surface area contributed by atoms with E-state index in [1.165, 1.54) is 0 Å². The van der Waals surface area contributed by atoms with Crippen LogP contribution in [0, 0.1) is 13.8 Å². The van der Waals surface area contributed by atoms with Crippen molar-refractivity contribution in [2.45, 2.75) is 13.8 Å². The molecular formula is C14H15BrN4O. The molecule has 1 heterocycles. The fourth-order valence-electron chi connectivity index (χ4n) is 1.80. The predicted molar refractivity (Wildman–Crippen MR) is 83.6 cm³/mol. The van der Waals surface area contributed by atoms with Crippen molar-refractivity contribution in [2.75, 3.05) is 10.7 Å². The number of benzene rings is 1. The molecule has 1 amide bonds. The van der Waals surface area contributed by atoms with Gasteiger partial charge in [-0.05, 0) is 59.6 Å². The first-order chi connectivity index (χ1) is 9.49. The van der Waals surface area contributed by atoms with E-state index in [2.05, 4.69) is 31.7 Å². The predicted octanol–water partition coefficient (Wildman–Crippen LogP) is 3.00. The number of carbonyl (C=O) groups is 1. The third kappa shape index (κ3) is 3.34. The molecule has 104 valence electrons. The summed E-state index contributed by atoms with van der Waals surface area (Å²) >= 11 is 3.41. The molecule has 0 aliphatic rings. The first-order valence-corrected chi connectivity index (χ1v) is 6.81. The molecule has 4 N–H and O–H groups in total. The summed E-state index contributed by atoms with van der Waals surface area (Å²) in [6.07, 6.45) is 0. The minimum atomic E-state index is -0.210. The number of rotatable bonds is 3. The van der Waals surface area contributed by atoms with Gasteiger partial charge in [-0.25, -0.2) is 10.8 Å². The smallest absolute Gasteiger partial charge is 0.255 e. The van der Waals surface area contributed by atoms with E-state index in [9.17, 15) is 4.79 Å². The van der Waals surface area contributed by atoms with Crippen molar-refractivity contribution in [3.63, 3.8) is 0 Å². The zero-order chi connectivity index (χ0) is 14.7. The molecule has 0 bridgehead atoms. The first-order valence-electron chi connectivity index (χ1n) is 6.02. The number of nitrogen functional groups attached to an aromatic ring is 1. The van der Waals surface area contributed by atoms with E-state index >= 15 is 0 Å². The monoisotopic (exact) mass is 334 g/mol. The van der Waals surface area contributed by atoms with Crippen LogP contribution in [0.25, 0.3) is 0 Å². The number of hydrogen-bond acceptors (Lipinski definition) is 4. The molecule has 5 nitrogen and oxygen atoms in total. The number of hydrogen-bond donors (Lipinski definition) is 3. The van der Waals surface area contributed by atoms with Crippen LogP contribution in [-0.2, 0) is 0 Å². The number of nitrogens with two attached hydrogens (primary N) is 1. The quantitative estimate of drug-likeness (QED) is 0.595. The molecule has 0 saturated heterocycles. The van der Waals surface area contributed by atoms with Gasteiger partial charge in [0.15, 0.2) is 0 Å². The highest BCUT2D eigenvalue weighted by Crippen LogP contribution is 2.24. The van der Waals surface area contributed by atoms with E-state index in [0.717, 1.165) is 15.7 Å². The van der Waals surface area contributed by atoms with E-state index in [-0.39, 0.29) is 5.91 Å². The molecule has 0 aliphatic heterocycles. The van der Waals surface area contributed by atoms with Crippen molar-refractivity contribution >= 4 is 33.3 Å². The van der Waals surface area contributed by atoms with Crippen molar-refractivity contribution < 1.29 is 4.79 Å². The lowest BCUT2D eigenvalue weighted by Gasteiger charge is -2.10. The van der Waals surface area contributed by atoms with Crippen molar-refractivity contribution in [1.29, 1.82) is 0 Å². The molecule has 0 radical (unpaired) electrons. The number of amides is 1. The molecule has 2 rings (SSSR count). The Labute approximate surface area is 125 Å². The van der Waals surface area contributed by atoms with Crippen LogP contribution in [0.4, 0.5) is 11.5 Å². The van der Waals surface area contributed by atoms with Gasteiger partial charge in [-0.2, -0.15) is 0 Å². The molecule has 0 atom stereocenters.